The van der Waals surface area contributed by atoms with Gasteiger partial charge in [-0.15, -0.1) is 0 Å². The minimum Gasteiger partial charge on any atom is -0.397 e. The van der Waals surface area contributed by atoms with E-state index in [0.29, 0.717) is 0 Å². The maximum absolute atomic E-state index is 12.1. The van der Waals surface area contributed by atoms with Gasteiger partial charge in [-0.2, -0.15) is 13.2 Å². The lowest BCUT2D eigenvalue weighted by Crippen LogP contribution is -2.18. The van der Waals surface area contributed by atoms with Crippen LogP contribution in [0, 0.1) is 0 Å². The maximum Gasteiger partial charge on any atom is 0.393 e. The van der Waals surface area contributed by atoms with E-state index in [1.807, 2.05) is 0 Å². The molecule has 0 amide bonds. The molecule has 8 heteroatoms. The van der Waals surface area contributed by atoms with E-state index in [1.54, 1.807) is 0 Å². The third kappa shape index (κ3) is 3.11. The summed E-state index contributed by atoms with van der Waals surface area (Å²) in [5.74, 6) is 0. The first-order valence-corrected chi connectivity index (χ1v) is 5.63. The van der Waals surface area contributed by atoms with Crippen molar-refractivity contribution in [3.05, 3.63) is 23.8 Å². The fourth-order valence-electron chi connectivity index (χ4n) is 1.21. The van der Waals surface area contributed by atoms with Gasteiger partial charge in [0, 0.05) is 0 Å². The van der Waals surface area contributed by atoms with Gasteiger partial charge in [-0.05, 0) is 11.6 Å². The van der Waals surface area contributed by atoms with Gasteiger partial charge in [-0.3, -0.25) is 0 Å². The third-order valence-corrected chi connectivity index (χ3v) is 2.82. The molecule has 0 heterocycles. The molecule has 0 fully saturated rings. The van der Waals surface area contributed by atoms with E-state index >= 15 is 0 Å². The molecule has 1 rings (SSSR count). The number of halogens is 3. The predicted molar refractivity (Wildman–Crippen MR) is 52.0 cm³/mol. The number of rotatable bonds is 2. The number of nitrogen functional groups attached to an aromatic ring is 1. The summed E-state index contributed by atoms with van der Waals surface area (Å²) < 4.78 is 58.3. The van der Waals surface area contributed by atoms with Crippen LogP contribution in [0.2, 0.25) is 0 Å². The molecule has 0 aliphatic carbocycles. The number of hydrogen-bond acceptors (Lipinski definition) is 3. The molecule has 0 saturated carbocycles. The zero-order valence-electron chi connectivity index (χ0n) is 7.95. The molecule has 0 bridgehead atoms. The summed E-state index contributed by atoms with van der Waals surface area (Å²) in [6.45, 7) is 0. The van der Waals surface area contributed by atoms with Crippen molar-refractivity contribution < 1.29 is 21.6 Å². The number of benzene rings is 1. The second-order valence-corrected chi connectivity index (χ2v) is 4.70. The molecule has 0 aromatic heterocycles. The summed E-state index contributed by atoms with van der Waals surface area (Å²) in [6.07, 6.45) is -5.74. The molecule has 4 N–H and O–H groups in total. The van der Waals surface area contributed by atoms with Crippen LogP contribution >= 0.6 is 0 Å². The van der Waals surface area contributed by atoms with Crippen LogP contribution in [0.3, 0.4) is 0 Å². The van der Waals surface area contributed by atoms with Crippen LogP contribution in [-0.4, -0.2) is 14.6 Å². The molecule has 1 aromatic carbocycles. The van der Waals surface area contributed by atoms with Gasteiger partial charge in [0.1, 0.15) is 4.90 Å². The van der Waals surface area contributed by atoms with Crippen molar-refractivity contribution in [2.75, 3.05) is 5.73 Å². The van der Waals surface area contributed by atoms with Gasteiger partial charge in [0.2, 0.25) is 10.0 Å². The smallest absolute Gasteiger partial charge is 0.393 e. The summed E-state index contributed by atoms with van der Waals surface area (Å²) >= 11 is 0. The largest absolute Gasteiger partial charge is 0.397 e. The van der Waals surface area contributed by atoms with Crippen LogP contribution in [0.1, 0.15) is 5.56 Å². The fraction of sp³-hybridized carbons (Fsp3) is 0.250. The van der Waals surface area contributed by atoms with Crippen LogP contribution in [0.4, 0.5) is 18.9 Å². The molecule has 0 radical (unpaired) electrons. The summed E-state index contributed by atoms with van der Waals surface area (Å²) in [4.78, 5) is -0.491. The summed E-state index contributed by atoms with van der Waals surface area (Å²) in [5, 5.41) is 4.80. The van der Waals surface area contributed by atoms with Crippen molar-refractivity contribution in [2.24, 2.45) is 5.14 Å². The Bertz CT molecular complexity index is 496. The van der Waals surface area contributed by atoms with E-state index < -0.39 is 33.2 Å². The Kier molecular flexibility index (Phi) is 3.15. The van der Waals surface area contributed by atoms with Gasteiger partial charge in [-0.1, -0.05) is 12.1 Å². The van der Waals surface area contributed by atoms with Crippen molar-refractivity contribution in [2.45, 2.75) is 17.5 Å². The van der Waals surface area contributed by atoms with Gasteiger partial charge in [0.05, 0.1) is 12.1 Å². The average molecular weight is 254 g/mol. The number of anilines is 1. The van der Waals surface area contributed by atoms with Crippen LogP contribution in [0.15, 0.2) is 23.1 Å². The standard InChI is InChI=1S/C8H9F3N2O2S/c9-8(10,11)4-5-2-1-3-6(7(5)12)16(13,14)15/h1-3H,4,12H2,(H2,13,14,15). The topological polar surface area (TPSA) is 86.2 Å². The first-order valence-electron chi connectivity index (χ1n) is 4.08. The fourth-order valence-corrected chi connectivity index (χ4v) is 1.91. The molecule has 0 aliphatic rings. The van der Waals surface area contributed by atoms with Gasteiger partial charge in [0.15, 0.2) is 0 Å². The molecule has 1 aromatic rings. The molecular formula is C8H9F3N2O2S. The number of hydrogen-bond donors (Lipinski definition) is 2. The number of primary sulfonamides is 1. The van der Waals surface area contributed by atoms with Crippen molar-refractivity contribution in [1.29, 1.82) is 0 Å². The zero-order valence-corrected chi connectivity index (χ0v) is 8.77. The number of nitrogens with two attached hydrogens (primary N) is 2. The Balaban J connectivity index is 3.25. The quantitative estimate of drug-likeness (QED) is 0.772. The molecule has 0 atom stereocenters. The van der Waals surface area contributed by atoms with Crippen molar-refractivity contribution >= 4 is 15.7 Å². The molecule has 0 saturated heterocycles. The average Bonchev–Trinajstić information content (AvgIpc) is 2.04. The van der Waals surface area contributed by atoms with E-state index in [2.05, 4.69) is 0 Å². The molecule has 4 nitrogen and oxygen atoms in total. The van der Waals surface area contributed by atoms with E-state index in [4.69, 9.17) is 10.9 Å². The molecule has 0 spiro atoms. The van der Waals surface area contributed by atoms with Gasteiger partial charge in [-0.25, -0.2) is 13.6 Å². The molecule has 16 heavy (non-hydrogen) atoms. The van der Waals surface area contributed by atoms with Crippen LogP contribution in [-0.2, 0) is 16.4 Å². The highest BCUT2D eigenvalue weighted by molar-refractivity contribution is 7.89. The lowest BCUT2D eigenvalue weighted by molar-refractivity contribution is -0.127. The predicted octanol–water partition coefficient (Wildman–Crippen LogP) is 1.02. The second kappa shape index (κ2) is 3.95. The zero-order chi connectivity index (χ0) is 12.6. The Morgan fingerprint density at radius 2 is 1.81 bits per heavy atom. The highest BCUT2D eigenvalue weighted by atomic mass is 32.2. The minimum atomic E-state index is -4.45. The summed E-state index contributed by atoms with van der Waals surface area (Å²) in [5.41, 5.74) is 4.55. The van der Waals surface area contributed by atoms with Crippen molar-refractivity contribution in [3.8, 4) is 0 Å². The van der Waals surface area contributed by atoms with Crippen LogP contribution < -0.4 is 10.9 Å². The summed E-state index contributed by atoms with van der Waals surface area (Å²) in [6, 6.07) is 3.33. The van der Waals surface area contributed by atoms with E-state index in [0.717, 1.165) is 18.2 Å². The third-order valence-electron chi connectivity index (χ3n) is 1.85. The molecule has 0 unspecified atom stereocenters. The van der Waals surface area contributed by atoms with Gasteiger partial charge >= 0.3 is 6.18 Å². The second-order valence-electron chi connectivity index (χ2n) is 3.17. The first-order chi connectivity index (χ1) is 7.11. The van der Waals surface area contributed by atoms with Crippen molar-refractivity contribution in [1.82, 2.24) is 0 Å². The van der Waals surface area contributed by atoms with E-state index in [-0.39, 0.29) is 5.56 Å². The minimum absolute atomic E-state index is 0.306. The molecular weight excluding hydrogens is 245 g/mol. The summed E-state index contributed by atoms with van der Waals surface area (Å²) in [7, 11) is -4.10. The Morgan fingerprint density at radius 1 is 1.25 bits per heavy atom. The number of sulfonamides is 1. The Labute approximate surface area is 90.1 Å². The van der Waals surface area contributed by atoms with E-state index in [9.17, 15) is 21.6 Å². The Hall–Kier alpha value is -1.28. The first kappa shape index (κ1) is 12.8. The number of alkyl halides is 3. The monoisotopic (exact) mass is 254 g/mol. The van der Waals surface area contributed by atoms with E-state index in [1.165, 1.54) is 0 Å². The normalized spacial score (nSPS) is 12.8. The SMILES string of the molecule is Nc1c(CC(F)(F)F)cccc1S(N)(=O)=O. The lowest BCUT2D eigenvalue weighted by Gasteiger charge is -2.11. The Morgan fingerprint density at radius 3 is 2.25 bits per heavy atom. The maximum atomic E-state index is 12.1. The van der Waals surface area contributed by atoms with Gasteiger partial charge < -0.3 is 5.73 Å². The number of para-hydroxylation sites is 1. The highest BCUT2D eigenvalue weighted by Gasteiger charge is 2.29. The van der Waals surface area contributed by atoms with Crippen LogP contribution in [0.5, 0.6) is 0 Å². The lowest BCUT2D eigenvalue weighted by atomic mass is 10.1. The van der Waals surface area contributed by atoms with Crippen molar-refractivity contribution in [3.63, 3.8) is 0 Å². The van der Waals surface area contributed by atoms with Gasteiger partial charge in [0.25, 0.3) is 0 Å². The molecule has 0 aliphatic heterocycles. The highest BCUT2D eigenvalue weighted by Crippen LogP contribution is 2.28. The van der Waals surface area contributed by atoms with Crippen LogP contribution in [0.25, 0.3) is 0 Å². The molecule has 90 valence electrons.